The van der Waals surface area contributed by atoms with E-state index in [0.29, 0.717) is 0 Å². The average molecular weight is 131 g/mol. The Bertz CT molecular complexity index is 89.1. The molecule has 0 amide bonds. The van der Waals surface area contributed by atoms with Crippen LogP contribution in [-0.2, 0) is 4.84 Å². The normalized spacial score (nSPS) is 11.0. The van der Waals surface area contributed by atoms with Crippen molar-refractivity contribution in [2.45, 2.75) is 39.2 Å². The summed E-state index contributed by atoms with van der Waals surface area (Å²) in [4.78, 5) is 14.3. The van der Waals surface area contributed by atoms with Gasteiger partial charge < -0.3 is 4.84 Å². The predicted octanol–water partition coefficient (Wildman–Crippen LogP) is 2.26. The molecule has 0 saturated carbocycles. The van der Waals surface area contributed by atoms with Gasteiger partial charge in [-0.2, -0.15) is 0 Å². The third-order valence-corrected chi connectivity index (χ3v) is 1.75. The summed E-state index contributed by atoms with van der Waals surface area (Å²) in [5.74, 6) is 0. The summed E-state index contributed by atoms with van der Waals surface area (Å²) in [6.07, 6.45) is 1.63. The topological polar surface area (TPSA) is 38.7 Å². The van der Waals surface area contributed by atoms with E-state index in [4.69, 9.17) is 0 Å². The summed E-state index contributed by atoms with van der Waals surface area (Å²) in [6.45, 7) is 5.80. The maximum absolute atomic E-state index is 9.67. The minimum Gasteiger partial charge on any atom is -0.358 e. The maximum Gasteiger partial charge on any atom is 0.155 e. The second-order valence-electron chi connectivity index (χ2n) is 2.32. The van der Waals surface area contributed by atoms with Crippen LogP contribution >= 0.6 is 0 Å². The third kappa shape index (κ3) is 2.44. The van der Waals surface area contributed by atoms with Gasteiger partial charge in [0.15, 0.2) is 5.34 Å². The fraction of sp³-hybridized carbons (Fsp3) is 1.00. The van der Waals surface area contributed by atoms with E-state index >= 15 is 0 Å². The fourth-order valence-electron chi connectivity index (χ4n) is 0.469. The molecule has 3 nitrogen and oxygen atoms in total. The molecule has 0 aromatic rings. The van der Waals surface area contributed by atoms with E-state index in [2.05, 4.69) is 10.2 Å². The number of rotatable bonds is 4. The van der Waals surface area contributed by atoms with Gasteiger partial charge in [-0.15, -0.1) is 4.91 Å². The van der Waals surface area contributed by atoms with Gasteiger partial charge in [-0.25, -0.2) is 0 Å². The lowest BCUT2D eigenvalue weighted by Gasteiger charge is -2.20. The first-order valence-corrected chi connectivity index (χ1v) is 3.19. The van der Waals surface area contributed by atoms with Crippen molar-refractivity contribution >= 4 is 0 Å². The Hall–Kier alpha value is -0.600. The molecule has 0 N–H and O–H groups in total. The Morgan fingerprint density at radius 1 is 1.44 bits per heavy atom. The Kier molecular flexibility index (Phi) is 3.20. The van der Waals surface area contributed by atoms with E-state index in [-0.39, 0.29) is 5.60 Å². The highest BCUT2D eigenvalue weighted by Gasteiger charge is 2.21. The molecule has 0 atom stereocenters. The van der Waals surface area contributed by atoms with Crippen LogP contribution in [0, 0.1) is 4.91 Å². The van der Waals surface area contributed by atoms with Gasteiger partial charge in [0.25, 0.3) is 0 Å². The van der Waals surface area contributed by atoms with Crippen LogP contribution < -0.4 is 0 Å². The molecule has 0 spiro atoms. The van der Waals surface area contributed by atoms with E-state index < -0.39 is 0 Å². The predicted molar refractivity (Wildman–Crippen MR) is 35.9 cm³/mol. The van der Waals surface area contributed by atoms with Crippen LogP contribution in [0.4, 0.5) is 0 Å². The van der Waals surface area contributed by atoms with Gasteiger partial charge in [0.05, 0.1) is 0 Å². The second-order valence-corrected chi connectivity index (χ2v) is 2.32. The molecular formula is C6H13NO2. The first-order valence-electron chi connectivity index (χ1n) is 3.19. The highest BCUT2D eigenvalue weighted by Crippen LogP contribution is 2.18. The molecule has 0 saturated heterocycles. The van der Waals surface area contributed by atoms with E-state index in [0.717, 1.165) is 12.8 Å². The molecule has 3 heteroatoms. The van der Waals surface area contributed by atoms with Crippen molar-refractivity contribution in [3.63, 3.8) is 0 Å². The summed E-state index contributed by atoms with van der Waals surface area (Å²) >= 11 is 0. The standard InChI is InChI=1S/C6H13NO2/c1-4-6(3,5-2)9-7-8/h4-5H2,1-3H3. The second kappa shape index (κ2) is 3.43. The van der Waals surface area contributed by atoms with Crippen LogP contribution in [0.5, 0.6) is 0 Å². The molecule has 0 unspecified atom stereocenters. The molecule has 54 valence electrons. The van der Waals surface area contributed by atoms with Crippen LogP contribution in [-0.4, -0.2) is 5.60 Å². The molecular weight excluding hydrogens is 118 g/mol. The van der Waals surface area contributed by atoms with Crippen molar-refractivity contribution in [1.29, 1.82) is 0 Å². The molecule has 0 heterocycles. The van der Waals surface area contributed by atoms with Gasteiger partial charge in [-0.3, -0.25) is 0 Å². The number of hydrogen-bond donors (Lipinski definition) is 0. The zero-order chi connectivity index (χ0) is 7.33. The number of nitrogens with zero attached hydrogens (tertiary/aromatic N) is 1. The fourth-order valence-corrected chi connectivity index (χ4v) is 0.469. The molecule has 0 aliphatic carbocycles. The van der Waals surface area contributed by atoms with Crippen LogP contribution in [0.25, 0.3) is 0 Å². The monoisotopic (exact) mass is 131 g/mol. The van der Waals surface area contributed by atoms with Crippen LogP contribution in [0.3, 0.4) is 0 Å². The zero-order valence-corrected chi connectivity index (χ0v) is 6.18. The van der Waals surface area contributed by atoms with E-state index in [1.54, 1.807) is 0 Å². The summed E-state index contributed by atoms with van der Waals surface area (Å²) < 4.78 is 0. The molecule has 0 aromatic carbocycles. The minimum atomic E-state index is -0.345. The lowest BCUT2D eigenvalue weighted by molar-refractivity contribution is -0.0372. The largest absolute Gasteiger partial charge is 0.358 e. The first-order chi connectivity index (χ1) is 4.18. The van der Waals surface area contributed by atoms with Crippen LogP contribution in [0.1, 0.15) is 33.6 Å². The van der Waals surface area contributed by atoms with Gasteiger partial charge >= 0.3 is 0 Å². The quantitative estimate of drug-likeness (QED) is 0.433. The molecule has 0 rings (SSSR count). The van der Waals surface area contributed by atoms with Crippen molar-refractivity contribution in [3.8, 4) is 0 Å². The van der Waals surface area contributed by atoms with Crippen LogP contribution in [0.2, 0.25) is 0 Å². The molecule has 0 fully saturated rings. The van der Waals surface area contributed by atoms with Gasteiger partial charge in [0, 0.05) is 0 Å². The zero-order valence-electron chi connectivity index (χ0n) is 6.18. The van der Waals surface area contributed by atoms with Crippen molar-refractivity contribution in [3.05, 3.63) is 4.91 Å². The molecule has 9 heavy (non-hydrogen) atoms. The average Bonchev–Trinajstić information content (AvgIpc) is 1.89. The van der Waals surface area contributed by atoms with E-state index in [1.165, 1.54) is 0 Å². The van der Waals surface area contributed by atoms with Gasteiger partial charge in [0.1, 0.15) is 5.60 Å². The minimum absolute atomic E-state index is 0.345. The highest BCUT2D eigenvalue weighted by atomic mass is 16.7. The van der Waals surface area contributed by atoms with Crippen molar-refractivity contribution in [1.82, 2.24) is 0 Å². The SMILES string of the molecule is CCC(C)(CC)ON=O. The molecule has 0 radical (unpaired) electrons. The lowest BCUT2D eigenvalue weighted by atomic mass is 10.0. The Morgan fingerprint density at radius 3 is 2.00 bits per heavy atom. The van der Waals surface area contributed by atoms with Gasteiger partial charge in [-0.05, 0) is 19.8 Å². The number of hydrogen-bond acceptors (Lipinski definition) is 3. The van der Waals surface area contributed by atoms with Crippen molar-refractivity contribution in [2.24, 2.45) is 5.34 Å². The Morgan fingerprint density at radius 2 is 1.89 bits per heavy atom. The van der Waals surface area contributed by atoms with E-state index in [9.17, 15) is 4.91 Å². The van der Waals surface area contributed by atoms with Crippen LogP contribution in [0.15, 0.2) is 5.34 Å². The molecule has 0 bridgehead atoms. The first kappa shape index (κ1) is 8.40. The molecule has 0 aliphatic heterocycles. The Balaban J connectivity index is 3.75. The summed E-state index contributed by atoms with van der Waals surface area (Å²) in [5.41, 5.74) is -0.345. The maximum atomic E-state index is 9.67. The summed E-state index contributed by atoms with van der Waals surface area (Å²) in [7, 11) is 0. The Labute approximate surface area is 55.3 Å². The van der Waals surface area contributed by atoms with E-state index in [1.807, 2.05) is 20.8 Å². The lowest BCUT2D eigenvalue weighted by Crippen LogP contribution is -2.23. The summed E-state index contributed by atoms with van der Waals surface area (Å²) in [6, 6.07) is 0. The van der Waals surface area contributed by atoms with Gasteiger partial charge in [-0.1, -0.05) is 13.8 Å². The smallest absolute Gasteiger partial charge is 0.155 e. The van der Waals surface area contributed by atoms with Crippen molar-refractivity contribution in [2.75, 3.05) is 0 Å². The van der Waals surface area contributed by atoms with Crippen molar-refractivity contribution < 1.29 is 4.84 Å². The van der Waals surface area contributed by atoms with Gasteiger partial charge in [0.2, 0.25) is 0 Å². The molecule has 0 aliphatic rings. The summed E-state index contributed by atoms with van der Waals surface area (Å²) in [5, 5.41) is 2.40. The third-order valence-electron chi connectivity index (χ3n) is 1.75. The highest BCUT2D eigenvalue weighted by molar-refractivity contribution is 4.68. The molecule has 0 aromatic heterocycles.